The molecule has 176 valence electrons. The minimum atomic E-state index is -0.268. The van der Waals surface area contributed by atoms with E-state index in [9.17, 15) is 4.79 Å². The second-order valence-corrected chi connectivity index (χ2v) is 11.5. The van der Waals surface area contributed by atoms with Gasteiger partial charge in [0.2, 0.25) is 5.84 Å². The molecule has 0 unspecified atom stereocenters. The molecule has 6 nitrogen and oxygen atoms in total. The number of fused-ring (bicyclic) bond motifs is 3. The van der Waals surface area contributed by atoms with E-state index in [0.29, 0.717) is 17.8 Å². The number of nitrogens with zero attached hydrogens (tertiary/aromatic N) is 4. The van der Waals surface area contributed by atoms with Crippen LogP contribution in [0.15, 0.2) is 35.5 Å². The molecule has 8 rings (SSSR count). The third-order valence-electron chi connectivity index (χ3n) is 9.36. The third-order valence-corrected chi connectivity index (χ3v) is 9.36. The molecule has 0 N–H and O–H groups in total. The lowest BCUT2D eigenvalue weighted by atomic mass is 9.49. The Morgan fingerprint density at radius 3 is 2.06 bits per heavy atom. The highest BCUT2D eigenvalue weighted by Gasteiger charge is 2.59. The summed E-state index contributed by atoms with van der Waals surface area (Å²) < 4.78 is 0. The van der Waals surface area contributed by atoms with E-state index in [0.717, 1.165) is 42.0 Å². The molecular formula is C28H32N4O2. The van der Waals surface area contributed by atoms with E-state index < -0.39 is 0 Å². The molecule has 2 aliphatic heterocycles. The normalized spacial score (nSPS) is 30.9. The van der Waals surface area contributed by atoms with Crippen LogP contribution in [0.2, 0.25) is 0 Å². The molecule has 6 aliphatic rings. The van der Waals surface area contributed by atoms with Crippen LogP contribution in [0.3, 0.4) is 0 Å². The first kappa shape index (κ1) is 20.5. The summed E-state index contributed by atoms with van der Waals surface area (Å²) in [6.07, 6.45) is 7.00. The quantitative estimate of drug-likeness (QED) is 0.579. The van der Waals surface area contributed by atoms with Crippen LogP contribution in [0.1, 0.15) is 66.3 Å². The molecule has 4 saturated carbocycles. The van der Waals surface area contributed by atoms with Crippen molar-refractivity contribution in [1.29, 1.82) is 0 Å². The zero-order valence-corrected chi connectivity index (χ0v) is 20.5. The average Bonchev–Trinajstić information content (AvgIpc) is 3.35. The van der Waals surface area contributed by atoms with Gasteiger partial charge in [-0.05, 0) is 124 Å². The van der Waals surface area contributed by atoms with Crippen LogP contribution in [0.5, 0.6) is 0 Å². The average molecular weight is 457 g/mol. The Kier molecular flexibility index (Phi) is 4.13. The molecule has 4 aliphatic carbocycles. The van der Waals surface area contributed by atoms with Gasteiger partial charge in [0.05, 0.1) is 22.1 Å². The number of hydrazine groups is 2. The third kappa shape index (κ3) is 2.60. The Labute approximate surface area is 201 Å². The number of carbonyl (C=O) groups excluding carboxylic acids is 1. The molecule has 2 aromatic carbocycles. The number of para-hydroxylation sites is 2. The Morgan fingerprint density at radius 2 is 1.47 bits per heavy atom. The minimum Gasteiger partial charge on any atom is -0.272 e. The summed E-state index contributed by atoms with van der Waals surface area (Å²) in [6, 6.07) is 10.4. The number of hydrogen-bond donors (Lipinski definition) is 0. The smallest absolute Gasteiger partial charge is 0.252 e. The van der Waals surface area contributed by atoms with Crippen molar-refractivity contribution >= 4 is 23.1 Å². The van der Waals surface area contributed by atoms with Gasteiger partial charge in [-0.2, -0.15) is 10.0 Å². The summed E-state index contributed by atoms with van der Waals surface area (Å²) >= 11 is 0. The Balaban J connectivity index is 1.32. The van der Waals surface area contributed by atoms with E-state index >= 15 is 0 Å². The molecule has 0 atom stereocenters. The van der Waals surface area contributed by atoms with Crippen molar-refractivity contribution in [3.8, 4) is 0 Å². The molecule has 1 amide bonds. The lowest BCUT2D eigenvalue weighted by Crippen LogP contribution is -2.59. The number of oxime groups is 1. The summed E-state index contributed by atoms with van der Waals surface area (Å²) in [4.78, 5) is 20.4. The Morgan fingerprint density at radius 1 is 0.912 bits per heavy atom. The second-order valence-electron chi connectivity index (χ2n) is 11.5. The van der Waals surface area contributed by atoms with Crippen molar-refractivity contribution in [2.75, 3.05) is 10.0 Å². The predicted octanol–water partition coefficient (Wildman–Crippen LogP) is 5.73. The maximum absolute atomic E-state index is 14.4. The van der Waals surface area contributed by atoms with Crippen molar-refractivity contribution in [3.63, 3.8) is 0 Å². The molecule has 0 aromatic heterocycles. The van der Waals surface area contributed by atoms with E-state index in [1.807, 2.05) is 23.2 Å². The maximum atomic E-state index is 14.4. The number of carbonyl (C=O) groups is 1. The summed E-state index contributed by atoms with van der Waals surface area (Å²) in [5.41, 5.74) is 7.48. The number of anilines is 2. The summed E-state index contributed by atoms with van der Waals surface area (Å²) in [5, 5.41) is 9.93. The van der Waals surface area contributed by atoms with E-state index in [2.05, 4.69) is 45.0 Å². The number of rotatable bonds is 2. The van der Waals surface area contributed by atoms with Crippen LogP contribution in [0, 0.1) is 50.9 Å². The molecule has 0 radical (unpaired) electrons. The van der Waals surface area contributed by atoms with Crippen LogP contribution in [-0.4, -0.2) is 17.0 Å². The summed E-state index contributed by atoms with van der Waals surface area (Å²) in [7, 11) is 0. The molecule has 34 heavy (non-hydrogen) atoms. The monoisotopic (exact) mass is 456 g/mol. The number of amides is 1. The fourth-order valence-electron chi connectivity index (χ4n) is 7.97. The van der Waals surface area contributed by atoms with Gasteiger partial charge in [0.1, 0.15) is 0 Å². The van der Waals surface area contributed by atoms with E-state index in [1.165, 1.54) is 41.5 Å². The first-order chi connectivity index (χ1) is 16.4. The largest absolute Gasteiger partial charge is 0.272 e. The van der Waals surface area contributed by atoms with Gasteiger partial charge < -0.3 is 0 Å². The molecule has 4 fully saturated rings. The lowest BCUT2D eigenvalue weighted by Gasteiger charge is -2.56. The van der Waals surface area contributed by atoms with Crippen molar-refractivity contribution in [2.24, 2.45) is 28.3 Å². The number of amidine groups is 1. The Bertz CT molecular complexity index is 1200. The van der Waals surface area contributed by atoms with Gasteiger partial charge in [-0.25, -0.2) is 0 Å². The van der Waals surface area contributed by atoms with Crippen LogP contribution in [0.4, 0.5) is 11.4 Å². The molecule has 2 aromatic rings. The van der Waals surface area contributed by atoms with Crippen molar-refractivity contribution in [3.05, 3.63) is 58.1 Å². The van der Waals surface area contributed by atoms with Crippen molar-refractivity contribution in [1.82, 2.24) is 5.28 Å². The van der Waals surface area contributed by atoms with Gasteiger partial charge in [-0.1, -0.05) is 18.2 Å². The van der Waals surface area contributed by atoms with E-state index in [-0.39, 0.29) is 11.3 Å². The first-order valence-electron chi connectivity index (χ1n) is 12.7. The second kappa shape index (κ2) is 6.85. The summed E-state index contributed by atoms with van der Waals surface area (Å²) in [6.45, 7) is 8.56. The molecule has 0 spiro atoms. The van der Waals surface area contributed by atoms with Crippen LogP contribution in [-0.2, 0) is 9.73 Å². The fourth-order valence-corrected chi connectivity index (χ4v) is 7.97. The molecule has 6 heteroatoms. The van der Waals surface area contributed by atoms with Gasteiger partial charge in [-0.3, -0.25) is 9.73 Å². The molecule has 2 heterocycles. The van der Waals surface area contributed by atoms with Crippen molar-refractivity contribution < 1.29 is 9.73 Å². The van der Waals surface area contributed by atoms with Crippen LogP contribution >= 0.6 is 0 Å². The van der Waals surface area contributed by atoms with Crippen molar-refractivity contribution in [2.45, 2.75) is 66.2 Å². The standard InChI is InChI=1S/C28H32N4O2/c1-16-9-17(2)19(4)25(18(16)3)26-29-34-32-30(26)23-7-5-6-8-24(23)31(32)27(33)28-13-20-10-21(14-28)12-22(11-20)15-28/h5-9,20-22H,10-15H2,1-4H3. The number of hydrogen-bond acceptors (Lipinski definition) is 5. The maximum Gasteiger partial charge on any atom is 0.252 e. The van der Waals surface area contributed by atoms with Gasteiger partial charge in [0.15, 0.2) is 0 Å². The fraction of sp³-hybridized carbons (Fsp3) is 0.500. The van der Waals surface area contributed by atoms with Gasteiger partial charge >= 0.3 is 0 Å². The highest BCUT2D eigenvalue weighted by Crippen LogP contribution is 2.61. The van der Waals surface area contributed by atoms with Gasteiger partial charge in [0, 0.05) is 5.56 Å². The zero-order chi connectivity index (χ0) is 23.4. The Hall–Kier alpha value is -2.86. The highest BCUT2D eigenvalue weighted by atomic mass is 16.9. The van der Waals surface area contributed by atoms with Crippen LogP contribution in [0.25, 0.3) is 0 Å². The number of benzene rings is 2. The highest BCUT2D eigenvalue weighted by molar-refractivity contribution is 6.16. The predicted molar refractivity (Wildman–Crippen MR) is 132 cm³/mol. The van der Waals surface area contributed by atoms with Gasteiger partial charge in [-0.15, -0.1) is 0 Å². The van der Waals surface area contributed by atoms with E-state index in [4.69, 9.17) is 4.94 Å². The first-order valence-corrected chi connectivity index (χ1v) is 12.7. The van der Waals surface area contributed by atoms with Gasteiger partial charge in [0.25, 0.3) is 5.91 Å². The SMILES string of the molecule is Cc1cc(C)c(C)c(C2=NON3N(C(=O)C45CC6CC(CC(C6)C4)C5)c4ccccc4N23)c1C. The van der Waals surface area contributed by atoms with E-state index in [1.54, 1.807) is 10.3 Å². The molecule has 0 saturated heterocycles. The molecule has 4 bridgehead atoms. The molecular weight excluding hydrogens is 424 g/mol. The number of aryl methyl sites for hydroxylation is 2. The zero-order valence-electron chi connectivity index (χ0n) is 20.5. The van der Waals surface area contributed by atoms with Crippen LogP contribution < -0.4 is 10.0 Å². The topological polar surface area (TPSA) is 48.4 Å². The minimum absolute atomic E-state index is 0.187. The summed E-state index contributed by atoms with van der Waals surface area (Å²) in [5.74, 6) is 3.05. The lowest BCUT2D eigenvalue weighted by molar-refractivity contribution is -0.173.